The lowest BCUT2D eigenvalue weighted by Gasteiger charge is -2.59. The summed E-state index contributed by atoms with van der Waals surface area (Å²) in [5.74, 6) is 1.13. The number of cyclic esters (lactones) is 1. The number of allylic oxidation sites excluding steroid dienone is 4. The van der Waals surface area contributed by atoms with E-state index in [1.165, 1.54) is 5.57 Å². The van der Waals surface area contributed by atoms with Gasteiger partial charge in [0.05, 0.1) is 11.0 Å². The summed E-state index contributed by atoms with van der Waals surface area (Å²) in [5, 5.41) is 0. The first kappa shape index (κ1) is 20.9. The number of fused-ring (bicyclic) bond motifs is 3. The zero-order chi connectivity index (χ0) is 22.7. The normalized spacial score (nSPS) is 51.7. The van der Waals surface area contributed by atoms with Crippen LogP contribution in [-0.4, -0.2) is 29.1 Å². The molecule has 2 saturated carbocycles. The van der Waals surface area contributed by atoms with Crippen molar-refractivity contribution in [3.63, 3.8) is 0 Å². The second kappa shape index (κ2) is 6.25. The van der Waals surface area contributed by atoms with Gasteiger partial charge in [0.15, 0.2) is 5.78 Å². The highest BCUT2D eigenvalue weighted by molar-refractivity contribution is 5.98. The lowest BCUT2D eigenvalue weighted by atomic mass is 9.46. The fraction of sp³-hybridized carbons (Fsp3) is 0.714. The van der Waals surface area contributed by atoms with Gasteiger partial charge in [-0.25, -0.2) is 4.79 Å². The van der Waals surface area contributed by atoms with Crippen molar-refractivity contribution < 1.29 is 19.1 Å². The smallest absolute Gasteiger partial charge is 0.334 e. The molecular weight excluding hydrogens is 400 g/mol. The number of ether oxygens (including phenoxy) is 2. The Labute approximate surface area is 191 Å². The lowest BCUT2D eigenvalue weighted by Crippen LogP contribution is -2.60. The third-order valence-corrected chi connectivity index (χ3v) is 11.2. The molecule has 4 aliphatic carbocycles. The molecule has 172 valence electrons. The number of rotatable bonds is 1. The van der Waals surface area contributed by atoms with Crippen molar-refractivity contribution >= 4 is 11.8 Å². The molecule has 0 aromatic heterocycles. The molecule has 0 aromatic rings. The molecule has 2 bridgehead atoms. The third-order valence-electron chi connectivity index (χ3n) is 11.2. The Kier molecular flexibility index (Phi) is 4.08. The van der Waals surface area contributed by atoms with E-state index in [-0.39, 0.29) is 34.3 Å². The van der Waals surface area contributed by atoms with Gasteiger partial charge in [0.2, 0.25) is 0 Å². The number of ketones is 1. The van der Waals surface area contributed by atoms with Gasteiger partial charge in [0.1, 0.15) is 11.7 Å². The Morgan fingerprint density at radius 1 is 1.03 bits per heavy atom. The molecule has 0 spiro atoms. The van der Waals surface area contributed by atoms with Gasteiger partial charge in [-0.15, -0.1) is 0 Å². The zero-order valence-electron chi connectivity index (χ0n) is 20.1. The summed E-state index contributed by atoms with van der Waals surface area (Å²) in [6.45, 7) is 10.8. The van der Waals surface area contributed by atoms with Crippen molar-refractivity contribution in [2.24, 2.45) is 28.6 Å². The van der Waals surface area contributed by atoms with Gasteiger partial charge in [-0.2, -0.15) is 0 Å². The Morgan fingerprint density at radius 3 is 2.56 bits per heavy atom. The molecule has 32 heavy (non-hydrogen) atoms. The summed E-state index contributed by atoms with van der Waals surface area (Å²) < 4.78 is 13.3. The minimum absolute atomic E-state index is 0.0642. The molecule has 2 aliphatic heterocycles. The van der Waals surface area contributed by atoms with E-state index in [9.17, 15) is 9.59 Å². The molecule has 4 heteroatoms. The number of hydrogen-bond acceptors (Lipinski definition) is 4. The molecule has 2 heterocycles. The van der Waals surface area contributed by atoms with Gasteiger partial charge in [0.25, 0.3) is 0 Å². The second-order valence-electron chi connectivity index (χ2n) is 12.1. The number of hydrogen-bond donors (Lipinski definition) is 0. The molecule has 0 radical (unpaired) electrons. The third kappa shape index (κ3) is 2.19. The monoisotopic (exact) mass is 436 g/mol. The van der Waals surface area contributed by atoms with Crippen LogP contribution in [0.2, 0.25) is 0 Å². The fourth-order valence-corrected chi connectivity index (χ4v) is 9.20. The molecule has 1 saturated heterocycles. The number of carbonyl (C=O) groups is 2. The topological polar surface area (TPSA) is 52.6 Å². The Morgan fingerprint density at radius 2 is 1.81 bits per heavy atom. The molecular formula is C28H36O4. The van der Waals surface area contributed by atoms with Crippen molar-refractivity contribution in [2.45, 2.75) is 96.9 Å². The van der Waals surface area contributed by atoms with Gasteiger partial charge >= 0.3 is 5.97 Å². The van der Waals surface area contributed by atoms with Crippen LogP contribution in [0.3, 0.4) is 0 Å². The van der Waals surface area contributed by atoms with E-state index in [2.05, 4.69) is 33.8 Å². The van der Waals surface area contributed by atoms with Crippen LogP contribution in [0.15, 0.2) is 34.9 Å². The summed E-state index contributed by atoms with van der Waals surface area (Å²) in [6.07, 6.45) is 13.0. The van der Waals surface area contributed by atoms with E-state index in [4.69, 9.17) is 9.47 Å². The van der Waals surface area contributed by atoms with Gasteiger partial charge < -0.3 is 9.47 Å². The first-order valence-corrected chi connectivity index (χ1v) is 12.6. The molecule has 6 rings (SSSR count). The van der Waals surface area contributed by atoms with Crippen molar-refractivity contribution in [3.05, 3.63) is 34.9 Å². The van der Waals surface area contributed by atoms with E-state index in [1.54, 1.807) is 0 Å². The lowest BCUT2D eigenvalue weighted by molar-refractivity contribution is -0.231. The summed E-state index contributed by atoms with van der Waals surface area (Å²) >= 11 is 0. The maximum absolute atomic E-state index is 13.2. The van der Waals surface area contributed by atoms with Crippen LogP contribution in [0.25, 0.3) is 0 Å². The maximum atomic E-state index is 13.2. The number of carbonyl (C=O) groups excluding carboxylic acids is 2. The molecule has 4 nitrogen and oxygen atoms in total. The maximum Gasteiger partial charge on any atom is 0.334 e. The van der Waals surface area contributed by atoms with Crippen molar-refractivity contribution in [1.29, 1.82) is 0 Å². The van der Waals surface area contributed by atoms with Crippen LogP contribution in [-0.2, 0) is 19.1 Å². The van der Waals surface area contributed by atoms with Crippen LogP contribution < -0.4 is 0 Å². The first-order valence-electron chi connectivity index (χ1n) is 12.6. The Hall–Kier alpha value is -1.68. The van der Waals surface area contributed by atoms with Crippen LogP contribution >= 0.6 is 0 Å². The van der Waals surface area contributed by atoms with E-state index < -0.39 is 5.60 Å². The van der Waals surface area contributed by atoms with Crippen LogP contribution in [0.4, 0.5) is 0 Å². The quantitative estimate of drug-likeness (QED) is 0.404. The molecule has 0 unspecified atom stereocenters. The molecule has 0 aromatic carbocycles. The first-order chi connectivity index (χ1) is 15.1. The van der Waals surface area contributed by atoms with E-state index in [1.807, 2.05) is 19.1 Å². The SMILES string of the molecule is CC1=C(C)C(=O)O[C@@H]([C@@]2(C)O[C@@]34CC[C@@H]2[C@@]3(C)CC[C@H]2[C@H]4CC=C3CC=CC(=O)[C@@]32C)C1. The molecule has 0 amide bonds. The van der Waals surface area contributed by atoms with Gasteiger partial charge in [-0.3, -0.25) is 4.79 Å². The molecule has 6 aliphatic rings. The van der Waals surface area contributed by atoms with Crippen molar-refractivity contribution in [2.75, 3.05) is 0 Å². The number of esters is 1. The molecule has 0 N–H and O–H groups in total. The predicted molar refractivity (Wildman–Crippen MR) is 122 cm³/mol. The Bertz CT molecular complexity index is 1020. The highest BCUT2D eigenvalue weighted by atomic mass is 16.6. The van der Waals surface area contributed by atoms with E-state index in [0.29, 0.717) is 17.8 Å². The second-order valence-corrected chi connectivity index (χ2v) is 12.1. The standard InChI is InChI=1S/C28H36O4/c1-16-15-23(31-24(30)17(16)2)27(5)21-12-14-28(32-27)20-10-9-18-7-6-8-22(29)26(18,4)19(20)11-13-25(21,28)3/h6,8-9,19-21,23H,7,10-15H2,1-5H3/t19-,20+,21+,23+,25+,26-,27-,28+/m0/s1. The van der Waals surface area contributed by atoms with Gasteiger partial charge in [-0.1, -0.05) is 30.2 Å². The molecule has 8 atom stereocenters. The fourth-order valence-electron chi connectivity index (χ4n) is 9.20. The summed E-state index contributed by atoms with van der Waals surface area (Å²) in [4.78, 5) is 25.8. The minimum atomic E-state index is -0.471. The zero-order valence-corrected chi connectivity index (χ0v) is 20.1. The average molecular weight is 437 g/mol. The summed E-state index contributed by atoms with van der Waals surface area (Å²) in [5.41, 5.74) is 2.16. The van der Waals surface area contributed by atoms with Crippen molar-refractivity contribution in [3.8, 4) is 0 Å². The van der Waals surface area contributed by atoms with E-state index in [0.717, 1.165) is 56.1 Å². The van der Waals surface area contributed by atoms with Crippen molar-refractivity contribution in [1.82, 2.24) is 0 Å². The van der Waals surface area contributed by atoms with E-state index >= 15 is 0 Å². The van der Waals surface area contributed by atoms with Crippen LogP contribution in [0.5, 0.6) is 0 Å². The van der Waals surface area contributed by atoms with Crippen LogP contribution in [0.1, 0.15) is 79.6 Å². The Balaban J connectivity index is 1.42. The average Bonchev–Trinajstić information content (AvgIpc) is 3.16. The predicted octanol–water partition coefficient (Wildman–Crippen LogP) is 5.47. The molecule has 3 fully saturated rings. The summed E-state index contributed by atoms with van der Waals surface area (Å²) in [6, 6.07) is 0. The minimum Gasteiger partial charge on any atom is -0.456 e. The largest absolute Gasteiger partial charge is 0.456 e. The van der Waals surface area contributed by atoms with Crippen LogP contribution in [0, 0.1) is 28.6 Å². The highest BCUT2D eigenvalue weighted by Gasteiger charge is 2.77. The van der Waals surface area contributed by atoms with Gasteiger partial charge in [0, 0.05) is 17.4 Å². The highest BCUT2D eigenvalue weighted by Crippen LogP contribution is 2.75. The summed E-state index contributed by atoms with van der Waals surface area (Å²) in [7, 11) is 0. The van der Waals surface area contributed by atoms with Gasteiger partial charge in [-0.05, 0) is 90.0 Å².